The van der Waals surface area contributed by atoms with E-state index < -0.39 is 0 Å². The molecule has 2 aromatic carbocycles. The number of rotatable bonds is 3. The lowest BCUT2D eigenvalue weighted by Crippen LogP contribution is -2.05. The van der Waals surface area contributed by atoms with Crippen molar-refractivity contribution < 1.29 is 0 Å². The third-order valence-electron chi connectivity index (χ3n) is 3.52. The average molecular weight is 262 g/mol. The fourth-order valence-corrected chi connectivity index (χ4v) is 2.40. The first-order valence-electron chi connectivity index (χ1n) is 6.91. The minimum atomic E-state index is 0.0690. The summed E-state index contributed by atoms with van der Waals surface area (Å²) >= 11 is 0. The van der Waals surface area contributed by atoms with Crippen LogP contribution in [0.3, 0.4) is 0 Å². The Morgan fingerprint density at radius 1 is 1.00 bits per heavy atom. The Morgan fingerprint density at radius 3 is 2.70 bits per heavy atom. The summed E-state index contributed by atoms with van der Waals surface area (Å²) in [5.74, 6) is 0. The Bertz CT molecular complexity index is 732. The second-order valence-electron chi connectivity index (χ2n) is 5.21. The van der Waals surface area contributed by atoms with Gasteiger partial charge in [0.1, 0.15) is 0 Å². The number of nitrogens with zero attached hydrogens (tertiary/aromatic N) is 1. The maximum Gasteiger partial charge on any atom is 0.0705 e. The molecule has 0 radical (unpaired) electrons. The molecule has 3 aromatic rings. The van der Waals surface area contributed by atoms with Gasteiger partial charge in [0.25, 0.3) is 0 Å². The number of hydrogen-bond acceptors (Lipinski definition) is 2. The van der Waals surface area contributed by atoms with Crippen molar-refractivity contribution in [3.63, 3.8) is 0 Å². The van der Waals surface area contributed by atoms with Crippen LogP contribution in [0.15, 0.2) is 60.7 Å². The Balaban J connectivity index is 1.90. The van der Waals surface area contributed by atoms with Crippen molar-refractivity contribution in [2.75, 3.05) is 0 Å². The van der Waals surface area contributed by atoms with Crippen LogP contribution in [-0.4, -0.2) is 4.98 Å². The van der Waals surface area contributed by atoms with Gasteiger partial charge in [-0.05, 0) is 30.2 Å². The highest BCUT2D eigenvalue weighted by Crippen LogP contribution is 2.17. The van der Waals surface area contributed by atoms with Gasteiger partial charge in [-0.1, -0.05) is 48.5 Å². The molecule has 2 N–H and O–H groups in total. The van der Waals surface area contributed by atoms with Crippen LogP contribution in [0.1, 0.15) is 29.8 Å². The fourth-order valence-electron chi connectivity index (χ4n) is 2.40. The highest BCUT2D eigenvalue weighted by molar-refractivity contribution is 5.78. The zero-order valence-electron chi connectivity index (χ0n) is 11.6. The summed E-state index contributed by atoms with van der Waals surface area (Å²) in [6.07, 6.45) is 0.839. The van der Waals surface area contributed by atoms with Crippen LogP contribution in [0.4, 0.5) is 0 Å². The molecule has 0 saturated carbocycles. The first kappa shape index (κ1) is 12.8. The Morgan fingerprint density at radius 2 is 1.85 bits per heavy atom. The number of fused-ring (bicyclic) bond motifs is 1. The SMILES string of the molecule is CC(N)c1cccc(Cc2ccc3ccccc3n2)c1. The van der Waals surface area contributed by atoms with Gasteiger partial charge in [-0.25, -0.2) is 0 Å². The monoisotopic (exact) mass is 262 g/mol. The molecule has 20 heavy (non-hydrogen) atoms. The van der Waals surface area contributed by atoms with Crippen molar-refractivity contribution in [3.05, 3.63) is 77.5 Å². The van der Waals surface area contributed by atoms with Crippen LogP contribution in [0, 0.1) is 0 Å². The van der Waals surface area contributed by atoms with Crippen molar-refractivity contribution in [1.82, 2.24) is 4.98 Å². The van der Waals surface area contributed by atoms with Crippen LogP contribution in [-0.2, 0) is 6.42 Å². The Hall–Kier alpha value is -2.19. The topological polar surface area (TPSA) is 38.9 Å². The summed E-state index contributed by atoms with van der Waals surface area (Å²) in [5, 5.41) is 1.18. The predicted molar refractivity (Wildman–Crippen MR) is 83.6 cm³/mol. The predicted octanol–water partition coefficient (Wildman–Crippen LogP) is 3.85. The summed E-state index contributed by atoms with van der Waals surface area (Å²) in [6, 6.07) is 20.9. The molecule has 1 unspecified atom stereocenters. The van der Waals surface area contributed by atoms with Gasteiger partial charge in [0.15, 0.2) is 0 Å². The van der Waals surface area contributed by atoms with E-state index in [1.54, 1.807) is 0 Å². The van der Waals surface area contributed by atoms with Gasteiger partial charge in [-0.2, -0.15) is 0 Å². The van der Waals surface area contributed by atoms with E-state index >= 15 is 0 Å². The summed E-state index contributed by atoms with van der Waals surface area (Å²) < 4.78 is 0. The zero-order valence-corrected chi connectivity index (χ0v) is 11.6. The van der Waals surface area contributed by atoms with Crippen LogP contribution < -0.4 is 5.73 Å². The second-order valence-corrected chi connectivity index (χ2v) is 5.21. The van der Waals surface area contributed by atoms with Gasteiger partial charge >= 0.3 is 0 Å². The lowest BCUT2D eigenvalue weighted by atomic mass is 10.0. The van der Waals surface area contributed by atoms with E-state index in [1.165, 1.54) is 16.5 Å². The van der Waals surface area contributed by atoms with E-state index in [9.17, 15) is 0 Å². The molecule has 0 saturated heterocycles. The Kier molecular flexibility index (Phi) is 3.48. The maximum absolute atomic E-state index is 5.93. The largest absolute Gasteiger partial charge is 0.324 e. The van der Waals surface area contributed by atoms with Crippen LogP contribution in [0.5, 0.6) is 0 Å². The molecule has 1 aromatic heterocycles. The molecule has 2 heteroatoms. The van der Waals surface area contributed by atoms with Crippen molar-refractivity contribution in [3.8, 4) is 0 Å². The van der Waals surface area contributed by atoms with Crippen molar-refractivity contribution >= 4 is 10.9 Å². The molecule has 100 valence electrons. The number of hydrogen-bond donors (Lipinski definition) is 1. The van der Waals surface area contributed by atoms with Gasteiger partial charge in [-0.15, -0.1) is 0 Å². The van der Waals surface area contributed by atoms with Gasteiger partial charge in [0.05, 0.1) is 5.52 Å². The molecule has 0 aliphatic carbocycles. The van der Waals surface area contributed by atoms with Crippen LogP contribution in [0.25, 0.3) is 10.9 Å². The number of pyridine rings is 1. The molecule has 0 aliphatic rings. The molecule has 0 bridgehead atoms. The van der Waals surface area contributed by atoms with Gasteiger partial charge in [-0.3, -0.25) is 4.98 Å². The first-order chi connectivity index (χ1) is 9.72. The molecule has 0 amide bonds. The van der Waals surface area contributed by atoms with Gasteiger partial charge in [0, 0.05) is 23.5 Å². The summed E-state index contributed by atoms with van der Waals surface area (Å²) in [4.78, 5) is 4.71. The molecule has 1 heterocycles. The minimum Gasteiger partial charge on any atom is -0.324 e. The molecular weight excluding hydrogens is 244 g/mol. The zero-order chi connectivity index (χ0) is 13.9. The molecule has 3 rings (SSSR count). The highest BCUT2D eigenvalue weighted by Gasteiger charge is 2.03. The second kappa shape index (κ2) is 5.43. The highest BCUT2D eigenvalue weighted by atomic mass is 14.7. The van der Waals surface area contributed by atoms with E-state index in [-0.39, 0.29) is 6.04 Å². The van der Waals surface area contributed by atoms with Crippen molar-refractivity contribution in [2.45, 2.75) is 19.4 Å². The molecule has 0 aliphatic heterocycles. The lowest BCUT2D eigenvalue weighted by molar-refractivity contribution is 0.815. The quantitative estimate of drug-likeness (QED) is 0.778. The first-order valence-corrected chi connectivity index (χ1v) is 6.91. The van der Waals surface area contributed by atoms with Crippen LogP contribution >= 0.6 is 0 Å². The third-order valence-corrected chi connectivity index (χ3v) is 3.52. The standard InChI is InChI=1S/C18H18N2/c1-13(19)16-7-4-5-14(11-16)12-17-10-9-15-6-2-3-8-18(15)20-17/h2-11,13H,12,19H2,1H3. The Labute approximate surface area is 119 Å². The number of aromatic nitrogens is 1. The smallest absolute Gasteiger partial charge is 0.0705 e. The van der Waals surface area contributed by atoms with Gasteiger partial charge in [0.2, 0.25) is 0 Å². The summed E-state index contributed by atoms with van der Waals surface area (Å²) in [5.41, 5.74) is 10.5. The minimum absolute atomic E-state index is 0.0690. The number of para-hydroxylation sites is 1. The lowest BCUT2D eigenvalue weighted by Gasteiger charge is -2.08. The van der Waals surface area contributed by atoms with E-state index in [0.29, 0.717) is 0 Å². The van der Waals surface area contributed by atoms with Crippen molar-refractivity contribution in [2.24, 2.45) is 5.73 Å². The number of nitrogens with two attached hydrogens (primary N) is 1. The van der Waals surface area contributed by atoms with E-state index in [2.05, 4.69) is 48.5 Å². The number of benzene rings is 2. The molecule has 1 atom stereocenters. The fraction of sp³-hybridized carbons (Fsp3) is 0.167. The van der Waals surface area contributed by atoms with Crippen molar-refractivity contribution in [1.29, 1.82) is 0 Å². The molecular formula is C18H18N2. The van der Waals surface area contributed by atoms with Crippen LogP contribution in [0.2, 0.25) is 0 Å². The van der Waals surface area contributed by atoms with E-state index in [4.69, 9.17) is 10.7 Å². The molecule has 0 fully saturated rings. The average Bonchev–Trinajstić information content (AvgIpc) is 2.47. The van der Waals surface area contributed by atoms with Gasteiger partial charge < -0.3 is 5.73 Å². The third kappa shape index (κ3) is 2.70. The summed E-state index contributed by atoms with van der Waals surface area (Å²) in [6.45, 7) is 2.01. The van der Waals surface area contributed by atoms with E-state index in [0.717, 1.165) is 17.6 Å². The summed E-state index contributed by atoms with van der Waals surface area (Å²) in [7, 11) is 0. The normalized spacial score (nSPS) is 12.5. The molecule has 0 spiro atoms. The molecule has 2 nitrogen and oxygen atoms in total. The van der Waals surface area contributed by atoms with E-state index in [1.807, 2.05) is 19.1 Å². The maximum atomic E-state index is 5.93.